The van der Waals surface area contributed by atoms with Crippen LogP contribution in [0.3, 0.4) is 0 Å². The van der Waals surface area contributed by atoms with Crippen LogP contribution in [0.1, 0.15) is 24.2 Å². The van der Waals surface area contributed by atoms with Crippen molar-refractivity contribution in [3.05, 3.63) is 61.9 Å². The Hall–Kier alpha value is -0.460. The highest BCUT2D eigenvalue weighted by molar-refractivity contribution is 14.1. The van der Waals surface area contributed by atoms with Gasteiger partial charge >= 0.3 is 0 Å². The van der Waals surface area contributed by atoms with Crippen molar-refractivity contribution in [2.24, 2.45) is 0 Å². The highest BCUT2D eigenvalue weighted by Gasteiger charge is 2.15. The van der Waals surface area contributed by atoms with Gasteiger partial charge in [-0.3, -0.25) is 4.98 Å². The van der Waals surface area contributed by atoms with E-state index in [-0.39, 0.29) is 6.04 Å². The van der Waals surface area contributed by atoms with Crippen molar-refractivity contribution in [2.75, 3.05) is 6.54 Å². The molecule has 2 aromatic rings. The number of rotatable bonds is 5. The zero-order chi connectivity index (χ0) is 13.7. The molecular formula is C15H16BrIN2. The molecule has 0 bridgehead atoms. The molecule has 0 saturated heterocycles. The minimum atomic E-state index is 0.237. The number of nitrogens with zero attached hydrogens (tertiary/aromatic N) is 1. The van der Waals surface area contributed by atoms with E-state index < -0.39 is 0 Å². The van der Waals surface area contributed by atoms with Gasteiger partial charge in [0.05, 0.1) is 11.7 Å². The lowest BCUT2D eigenvalue weighted by Gasteiger charge is -2.18. The first kappa shape index (κ1) is 14.9. The molecule has 0 aliphatic heterocycles. The molecule has 1 unspecified atom stereocenters. The molecule has 0 spiro atoms. The molecule has 1 aromatic carbocycles. The Bertz CT molecular complexity index is 528. The van der Waals surface area contributed by atoms with Gasteiger partial charge in [-0.25, -0.2) is 0 Å². The van der Waals surface area contributed by atoms with Crippen molar-refractivity contribution in [3.63, 3.8) is 0 Å². The molecule has 2 nitrogen and oxygen atoms in total. The zero-order valence-electron chi connectivity index (χ0n) is 10.7. The molecule has 0 amide bonds. The Morgan fingerprint density at radius 2 is 2.00 bits per heavy atom. The van der Waals surface area contributed by atoms with Crippen molar-refractivity contribution in [1.82, 2.24) is 10.3 Å². The first-order valence-electron chi connectivity index (χ1n) is 6.29. The lowest BCUT2D eigenvalue weighted by molar-refractivity contribution is 0.534. The second kappa shape index (κ2) is 7.36. The molecule has 0 saturated carbocycles. The Morgan fingerprint density at radius 3 is 2.63 bits per heavy atom. The molecule has 1 atom stereocenters. The predicted molar refractivity (Wildman–Crippen MR) is 91.2 cm³/mol. The van der Waals surface area contributed by atoms with Crippen molar-refractivity contribution in [2.45, 2.75) is 19.4 Å². The number of pyridine rings is 1. The molecule has 0 aliphatic rings. The van der Waals surface area contributed by atoms with Crippen LogP contribution in [-0.2, 0) is 6.42 Å². The summed E-state index contributed by atoms with van der Waals surface area (Å²) < 4.78 is 2.33. The smallest absolute Gasteiger partial charge is 0.0718 e. The summed E-state index contributed by atoms with van der Waals surface area (Å²) in [6.45, 7) is 3.05. The topological polar surface area (TPSA) is 24.9 Å². The van der Waals surface area contributed by atoms with Gasteiger partial charge in [0, 0.05) is 14.2 Å². The van der Waals surface area contributed by atoms with Crippen LogP contribution in [0.4, 0.5) is 0 Å². The molecular weight excluding hydrogens is 415 g/mol. The van der Waals surface area contributed by atoms with E-state index in [0.29, 0.717) is 0 Å². The van der Waals surface area contributed by atoms with Crippen LogP contribution >= 0.6 is 38.5 Å². The van der Waals surface area contributed by atoms with Crippen molar-refractivity contribution >= 4 is 38.5 Å². The second-order valence-electron chi connectivity index (χ2n) is 4.31. The Labute approximate surface area is 136 Å². The minimum absolute atomic E-state index is 0.237. The third-order valence-electron chi connectivity index (χ3n) is 2.92. The zero-order valence-corrected chi connectivity index (χ0v) is 14.5. The van der Waals surface area contributed by atoms with Gasteiger partial charge in [-0.1, -0.05) is 19.1 Å². The van der Waals surface area contributed by atoms with Crippen molar-refractivity contribution < 1.29 is 0 Å². The van der Waals surface area contributed by atoms with Crippen LogP contribution < -0.4 is 5.32 Å². The first-order chi connectivity index (χ1) is 9.20. The average molecular weight is 431 g/mol. The third-order valence-corrected chi connectivity index (χ3v) is 4.31. The van der Waals surface area contributed by atoms with Crippen LogP contribution in [0.5, 0.6) is 0 Å². The average Bonchev–Trinajstić information content (AvgIpc) is 2.41. The van der Waals surface area contributed by atoms with Gasteiger partial charge in [-0.15, -0.1) is 0 Å². The van der Waals surface area contributed by atoms with Gasteiger partial charge < -0.3 is 5.32 Å². The largest absolute Gasteiger partial charge is 0.309 e. The summed E-state index contributed by atoms with van der Waals surface area (Å²) in [7, 11) is 0. The van der Waals surface area contributed by atoms with E-state index in [9.17, 15) is 0 Å². The van der Waals surface area contributed by atoms with Gasteiger partial charge in [0.25, 0.3) is 0 Å². The third kappa shape index (κ3) is 4.26. The fourth-order valence-electron chi connectivity index (χ4n) is 2.02. The highest BCUT2D eigenvalue weighted by atomic mass is 127. The molecule has 0 fully saturated rings. The molecule has 1 aromatic heterocycles. The summed E-state index contributed by atoms with van der Waals surface area (Å²) in [5.41, 5.74) is 2.40. The van der Waals surface area contributed by atoms with Crippen molar-refractivity contribution in [1.29, 1.82) is 0 Å². The molecule has 100 valence electrons. The number of aromatic nitrogens is 1. The molecule has 0 radical (unpaired) electrons. The summed E-state index contributed by atoms with van der Waals surface area (Å²) in [6.07, 6.45) is 2.79. The predicted octanol–water partition coefficient (Wildman–Crippen LogP) is 4.34. The van der Waals surface area contributed by atoms with Gasteiger partial charge in [0.1, 0.15) is 0 Å². The summed E-state index contributed by atoms with van der Waals surface area (Å²) >= 11 is 5.92. The number of nitrogens with one attached hydrogen (secondary N) is 1. The van der Waals surface area contributed by atoms with Gasteiger partial charge in [-0.05, 0) is 81.3 Å². The molecule has 0 aliphatic carbocycles. The lowest BCUT2D eigenvalue weighted by Crippen LogP contribution is -2.24. The maximum atomic E-state index is 4.50. The number of halogens is 2. The maximum absolute atomic E-state index is 4.50. The summed E-state index contributed by atoms with van der Waals surface area (Å²) in [4.78, 5) is 4.50. The quantitative estimate of drug-likeness (QED) is 0.713. The lowest BCUT2D eigenvalue weighted by atomic mass is 10.0. The van der Waals surface area contributed by atoms with Gasteiger partial charge in [0.15, 0.2) is 0 Å². The highest BCUT2D eigenvalue weighted by Crippen LogP contribution is 2.24. The minimum Gasteiger partial charge on any atom is -0.309 e. The molecule has 19 heavy (non-hydrogen) atoms. The summed E-state index contributed by atoms with van der Waals surface area (Å²) in [5, 5.41) is 3.51. The maximum Gasteiger partial charge on any atom is 0.0718 e. The van der Waals surface area contributed by atoms with E-state index in [1.54, 1.807) is 0 Å². The van der Waals surface area contributed by atoms with Gasteiger partial charge in [0.2, 0.25) is 0 Å². The second-order valence-corrected chi connectivity index (χ2v) is 6.41. The first-order valence-corrected chi connectivity index (χ1v) is 8.16. The number of benzene rings is 1. The van der Waals surface area contributed by atoms with Crippen LogP contribution in [0.25, 0.3) is 0 Å². The van der Waals surface area contributed by atoms with Crippen LogP contribution in [0.15, 0.2) is 47.1 Å². The molecule has 2 rings (SSSR count). The summed E-state index contributed by atoms with van der Waals surface area (Å²) in [5.74, 6) is 0. The fourth-order valence-corrected chi connectivity index (χ4v) is 2.91. The van der Waals surface area contributed by atoms with E-state index in [1.807, 2.05) is 18.3 Å². The van der Waals surface area contributed by atoms with E-state index in [1.165, 1.54) is 9.13 Å². The fraction of sp³-hybridized carbons (Fsp3) is 0.267. The number of hydrogen-bond donors (Lipinski definition) is 1. The normalized spacial score (nSPS) is 12.4. The molecule has 1 heterocycles. The van der Waals surface area contributed by atoms with E-state index >= 15 is 0 Å². The molecule has 1 N–H and O–H groups in total. The SMILES string of the molecule is CCNC(Cc1ccc(I)cc1)c1ncccc1Br. The monoisotopic (exact) mass is 430 g/mol. The Kier molecular flexibility index (Phi) is 5.78. The van der Waals surface area contributed by atoms with E-state index in [2.05, 4.69) is 80.0 Å². The summed E-state index contributed by atoms with van der Waals surface area (Å²) in [6, 6.07) is 12.9. The number of likely N-dealkylation sites (N-methyl/N-ethyl adjacent to an activating group) is 1. The Balaban J connectivity index is 2.21. The van der Waals surface area contributed by atoms with Crippen LogP contribution in [0.2, 0.25) is 0 Å². The van der Waals surface area contributed by atoms with Crippen LogP contribution in [0, 0.1) is 3.57 Å². The molecule has 4 heteroatoms. The number of hydrogen-bond acceptors (Lipinski definition) is 2. The van der Waals surface area contributed by atoms with Crippen LogP contribution in [-0.4, -0.2) is 11.5 Å². The standard InChI is InChI=1S/C15H16BrIN2/c1-2-18-14(15-13(16)4-3-9-19-15)10-11-5-7-12(17)8-6-11/h3-9,14,18H,2,10H2,1H3. The Morgan fingerprint density at radius 1 is 1.26 bits per heavy atom. The van der Waals surface area contributed by atoms with Gasteiger partial charge in [-0.2, -0.15) is 0 Å². The van der Waals surface area contributed by atoms with E-state index in [4.69, 9.17) is 0 Å². The van der Waals surface area contributed by atoms with Crippen molar-refractivity contribution in [3.8, 4) is 0 Å². The van der Waals surface area contributed by atoms with E-state index in [0.717, 1.165) is 23.1 Å².